The van der Waals surface area contributed by atoms with E-state index in [1.807, 2.05) is 12.1 Å². The van der Waals surface area contributed by atoms with Crippen LogP contribution in [0.2, 0.25) is 0 Å². The molecule has 1 atom stereocenters. The molecular weight excluding hydrogens is 242 g/mol. The van der Waals surface area contributed by atoms with E-state index in [9.17, 15) is 9.90 Å². The summed E-state index contributed by atoms with van der Waals surface area (Å²) in [7, 11) is 0. The highest BCUT2D eigenvalue weighted by atomic mass is 16.4. The molecule has 0 aromatic heterocycles. The number of phenolic OH excluding ortho intramolecular Hbond substituents is 1. The van der Waals surface area contributed by atoms with E-state index < -0.39 is 5.97 Å². The van der Waals surface area contributed by atoms with Gasteiger partial charge in [0.2, 0.25) is 0 Å². The van der Waals surface area contributed by atoms with Gasteiger partial charge in [0.05, 0.1) is 6.42 Å². The van der Waals surface area contributed by atoms with E-state index in [1.54, 1.807) is 12.1 Å². The van der Waals surface area contributed by atoms with E-state index in [4.69, 9.17) is 5.11 Å². The Labute approximate surface area is 113 Å². The zero-order chi connectivity index (χ0) is 13.8. The summed E-state index contributed by atoms with van der Waals surface area (Å²) in [5.74, 6) is -0.455. The van der Waals surface area contributed by atoms with E-state index in [-0.39, 0.29) is 12.2 Å². The smallest absolute Gasteiger partial charge is 0.304 e. The molecule has 1 aromatic rings. The fourth-order valence-corrected chi connectivity index (χ4v) is 2.48. The van der Waals surface area contributed by atoms with Crippen molar-refractivity contribution in [1.82, 2.24) is 4.90 Å². The van der Waals surface area contributed by atoms with Gasteiger partial charge in [0.1, 0.15) is 5.75 Å². The van der Waals surface area contributed by atoms with Crippen molar-refractivity contribution >= 4 is 5.97 Å². The summed E-state index contributed by atoms with van der Waals surface area (Å²) in [6, 6.07) is 8.13. The van der Waals surface area contributed by atoms with Crippen LogP contribution >= 0.6 is 0 Å². The molecule has 1 aliphatic carbocycles. The number of carboxylic acids is 1. The Hall–Kier alpha value is -1.55. The summed E-state index contributed by atoms with van der Waals surface area (Å²) in [5, 5.41) is 18.1. The summed E-state index contributed by atoms with van der Waals surface area (Å²) >= 11 is 0. The van der Waals surface area contributed by atoms with Gasteiger partial charge in [-0.3, -0.25) is 9.69 Å². The molecule has 1 aliphatic rings. The number of rotatable bonds is 7. The molecule has 2 N–H and O–H groups in total. The molecule has 0 spiro atoms. The molecule has 19 heavy (non-hydrogen) atoms. The van der Waals surface area contributed by atoms with E-state index in [2.05, 4.69) is 11.8 Å². The third-order valence-electron chi connectivity index (χ3n) is 3.63. The lowest BCUT2D eigenvalue weighted by atomic mass is 10.1. The van der Waals surface area contributed by atoms with Crippen LogP contribution < -0.4 is 0 Å². The van der Waals surface area contributed by atoms with Crippen molar-refractivity contribution in [2.45, 2.75) is 44.7 Å². The van der Waals surface area contributed by atoms with Gasteiger partial charge in [0.15, 0.2) is 0 Å². The molecule has 4 heteroatoms. The first-order chi connectivity index (χ1) is 9.06. The number of carbonyl (C=O) groups is 1. The quantitative estimate of drug-likeness (QED) is 0.792. The van der Waals surface area contributed by atoms with E-state index >= 15 is 0 Å². The summed E-state index contributed by atoms with van der Waals surface area (Å²) < 4.78 is 0. The van der Waals surface area contributed by atoms with Crippen molar-refractivity contribution in [2.24, 2.45) is 0 Å². The molecule has 1 unspecified atom stereocenters. The van der Waals surface area contributed by atoms with Crippen molar-refractivity contribution in [3.8, 4) is 5.75 Å². The Morgan fingerprint density at radius 3 is 2.53 bits per heavy atom. The van der Waals surface area contributed by atoms with Crippen LogP contribution in [-0.4, -0.2) is 39.7 Å². The molecule has 1 saturated carbocycles. The van der Waals surface area contributed by atoms with Crippen LogP contribution in [0, 0.1) is 0 Å². The normalized spacial score (nSPS) is 16.5. The Balaban J connectivity index is 1.93. The first kappa shape index (κ1) is 13.9. The first-order valence-electron chi connectivity index (χ1n) is 6.81. The average Bonchev–Trinajstić information content (AvgIpc) is 3.16. The third-order valence-corrected chi connectivity index (χ3v) is 3.63. The lowest BCUT2D eigenvalue weighted by Crippen LogP contribution is -2.38. The number of aromatic hydroxyl groups is 1. The zero-order valence-electron chi connectivity index (χ0n) is 11.2. The Morgan fingerprint density at radius 1 is 1.37 bits per heavy atom. The van der Waals surface area contributed by atoms with Gasteiger partial charge in [0.25, 0.3) is 0 Å². The van der Waals surface area contributed by atoms with Crippen molar-refractivity contribution in [2.75, 3.05) is 6.54 Å². The maximum Gasteiger partial charge on any atom is 0.304 e. The topological polar surface area (TPSA) is 60.8 Å². The van der Waals surface area contributed by atoms with Crippen molar-refractivity contribution in [1.29, 1.82) is 0 Å². The maximum atomic E-state index is 10.7. The lowest BCUT2D eigenvalue weighted by molar-refractivity contribution is -0.137. The van der Waals surface area contributed by atoms with Gasteiger partial charge in [-0.25, -0.2) is 0 Å². The summed E-state index contributed by atoms with van der Waals surface area (Å²) in [5.41, 5.74) is 1.17. The highest BCUT2D eigenvalue weighted by Crippen LogP contribution is 2.29. The van der Waals surface area contributed by atoms with Crippen LogP contribution in [0.4, 0.5) is 0 Å². The van der Waals surface area contributed by atoms with Gasteiger partial charge in [-0.15, -0.1) is 0 Å². The number of hydrogen-bond acceptors (Lipinski definition) is 3. The Kier molecular flexibility index (Phi) is 4.43. The Bertz CT molecular complexity index is 426. The molecule has 0 bridgehead atoms. The molecule has 104 valence electrons. The minimum absolute atomic E-state index is 0.205. The predicted octanol–water partition coefficient (Wildman–Crippen LogP) is 2.26. The van der Waals surface area contributed by atoms with Gasteiger partial charge in [-0.2, -0.15) is 0 Å². The second kappa shape index (κ2) is 6.06. The second-order valence-electron chi connectivity index (χ2n) is 5.33. The molecule has 1 fully saturated rings. The standard InChI is InChI=1S/C15H21NO3/c1-11(10-12-2-6-14(17)7-3-12)16(13-4-5-13)9-8-15(18)19/h2-3,6-7,11,13,17H,4-5,8-10H2,1H3,(H,18,19). The summed E-state index contributed by atoms with van der Waals surface area (Å²) in [6.45, 7) is 2.77. The van der Waals surface area contributed by atoms with Crippen LogP contribution in [0.15, 0.2) is 24.3 Å². The van der Waals surface area contributed by atoms with Crippen LogP contribution in [0.5, 0.6) is 5.75 Å². The van der Waals surface area contributed by atoms with Crippen LogP contribution in [0.25, 0.3) is 0 Å². The number of carboxylic acid groups (broad SMARTS) is 1. The third kappa shape index (κ3) is 4.24. The molecule has 2 rings (SSSR count). The zero-order valence-corrected chi connectivity index (χ0v) is 11.2. The van der Waals surface area contributed by atoms with Crippen LogP contribution in [-0.2, 0) is 11.2 Å². The summed E-state index contributed by atoms with van der Waals surface area (Å²) in [4.78, 5) is 13.0. The van der Waals surface area contributed by atoms with Gasteiger partial charge in [-0.1, -0.05) is 12.1 Å². The first-order valence-corrected chi connectivity index (χ1v) is 6.81. The minimum Gasteiger partial charge on any atom is -0.508 e. The van der Waals surface area contributed by atoms with E-state index in [0.29, 0.717) is 18.6 Å². The second-order valence-corrected chi connectivity index (χ2v) is 5.33. The fraction of sp³-hybridized carbons (Fsp3) is 0.533. The molecule has 0 aliphatic heterocycles. The van der Waals surface area contributed by atoms with E-state index in [1.165, 1.54) is 18.4 Å². The van der Waals surface area contributed by atoms with Gasteiger partial charge >= 0.3 is 5.97 Å². The average molecular weight is 263 g/mol. The molecular formula is C15H21NO3. The maximum absolute atomic E-state index is 10.7. The molecule has 0 heterocycles. The van der Waals surface area contributed by atoms with Gasteiger partial charge in [0, 0.05) is 18.6 Å². The van der Waals surface area contributed by atoms with Gasteiger partial charge < -0.3 is 10.2 Å². The monoisotopic (exact) mass is 263 g/mol. The molecule has 1 aromatic carbocycles. The van der Waals surface area contributed by atoms with Crippen molar-refractivity contribution < 1.29 is 15.0 Å². The number of hydrogen-bond donors (Lipinski definition) is 2. The van der Waals surface area contributed by atoms with E-state index in [0.717, 1.165) is 6.42 Å². The van der Waals surface area contributed by atoms with Crippen molar-refractivity contribution in [3.05, 3.63) is 29.8 Å². The number of benzene rings is 1. The molecule has 4 nitrogen and oxygen atoms in total. The number of aliphatic carboxylic acids is 1. The molecule has 0 amide bonds. The number of nitrogens with zero attached hydrogens (tertiary/aromatic N) is 1. The minimum atomic E-state index is -0.734. The fourth-order valence-electron chi connectivity index (χ4n) is 2.48. The largest absolute Gasteiger partial charge is 0.508 e. The summed E-state index contributed by atoms with van der Waals surface area (Å²) in [6.07, 6.45) is 3.45. The highest BCUT2D eigenvalue weighted by molar-refractivity contribution is 5.66. The van der Waals surface area contributed by atoms with Gasteiger partial charge in [-0.05, 0) is 43.9 Å². The Morgan fingerprint density at radius 2 is 2.00 bits per heavy atom. The predicted molar refractivity (Wildman–Crippen MR) is 73.3 cm³/mol. The van der Waals surface area contributed by atoms with Crippen LogP contribution in [0.3, 0.4) is 0 Å². The lowest BCUT2D eigenvalue weighted by Gasteiger charge is -2.28. The molecule has 0 radical (unpaired) electrons. The molecule has 0 saturated heterocycles. The SMILES string of the molecule is CC(Cc1ccc(O)cc1)N(CCC(=O)O)C1CC1. The highest BCUT2D eigenvalue weighted by Gasteiger charge is 2.32. The van der Waals surface area contributed by atoms with Crippen LogP contribution in [0.1, 0.15) is 31.7 Å². The van der Waals surface area contributed by atoms with Crippen molar-refractivity contribution in [3.63, 3.8) is 0 Å². The number of phenols is 1.